The molecule has 0 saturated heterocycles. The van der Waals surface area contributed by atoms with Crippen LogP contribution in [0.4, 0.5) is 0 Å². The molecule has 6 heavy (non-hydrogen) atoms. The van der Waals surface area contributed by atoms with Crippen molar-refractivity contribution in [3.63, 3.8) is 0 Å². The molecule has 0 saturated carbocycles. The first-order valence-corrected chi connectivity index (χ1v) is 4.50. The van der Waals surface area contributed by atoms with E-state index in [-0.39, 0.29) is 72.6 Å². The maximum Gasteiger partial charge on any atom is 1.00 e. The number of hydrogen-bond donors (Lipinski definition) is 0. The summed E-state index contributed by atoms with van der Waals surface area (Å²) in [5.41, 5.74) is 0. The van der Waals surface area contributed by atoms with Crippen molar-refractivity contribution < 1.29 is 51.4 Å². The molecule has 0 rings (SSSR count). The van der Waals surface area contributed by atoms with Crippen molar-refractivity contribution in [2.45, 2.75) is 19.6 Å². The monoisotopic (exact) mass is 148 g/mol. The molecule has 0 unspecified atom stereocenters. The Morgan fingerprint density at radius 1 is 1.00 bits per heavy atom. The average Bonchev–Trinajstić information content (AvgIpc) is 0.811. The van der Waals surface area contributed by atoms with Gasteiger partial charge >= 0.3 is 51.4 Å². The third-order valence-electron chi connectivity index (χ3n) is 0. The van der Waals surface area contributed by atoms with E-state index >= 15 is 0 Å². The van der Waals surface area contributed by atoms with E-state index < -0.39 is 0 Å². The van der Waals surface area contributed by atoms with Crippen LogP contribution in [-0.2, 0) is 0 Å². The first kappa shape index (κ1) is 15.7. The summed E-state index contributed by atoms with van der Waals surface area (Å²) < 4.78 is 0. The predicted molar refractivity (Wildman–Crippen MR) is 30.6 cm³/mol. The Morgan fingerprint density at radius 3 is 1.00 bits per heavy atom. The Hall–Kier alpha value is 2.14. The van der Waals surface area contributed by atoms with Crippen molar-refractivity contribution in [3.8, 4) is 0 Å². The van der Waals surface area contributed by atoms with Crippen LogP contribution in [0.1, 0.15) is 0 Å². The molecule has 3 heteroatoms. The number of hydrogen-bond acceptors (Lipinski definition) is 0. The van der Waals surface area contributed by atoms with E-state index in [2.05, 4.69) is 19.6 Å². The minimum Gasteiger partial charge on any atom is -0.271 e. The predicted octanol–water partition coefficient (Wildman–Crippen LogP) is -1.20. The molecular formula is C3H10ClKSi. The fraction of sp³-hybridized carbons (Fsp3) is 1.00. The molecule has 0 N–H and O–H groups in total. The van der Waals surface area contributed by atoms with E-state index in [1.807, 2.05) is 0 Å². The standard InChI is InChI=1S/C3H9Si.ClH.K/c1-4(2)3;;/h1-3H3;1H;/q-1;;+1. The first-order chi connectivity index (χ1) is 1.73. The van der Waals surface area contributed by atoms with Gasteiger partial charge in [0.05, 0.1) is 0 Å². The summed E-state index contributed by atoms with van der Waals surface area (Å²) in [6.45, 7) is 6.81. The Bertz CT molecular complexity index is 15.5. The average molecular weight is 149 g/mol. The minimum atomic E-state index is 0. The Kier molecular flexibility index (Phi) is 26.7. The molecule has 0 aliphatic rings. The summed E-state index contributed by atoms with van der Waals surface area (Å²) in [6.07, 6.45) is 0. The second kappa shape index (κ2) is 10.2. The second-order valence-electron chi connectivity index (χ2n) is 1.50. The van der Waals surface area contributed by atoms with Crippen LogP contribution < -0.4 is 51.4 Å². The molecular weight excluding hydrogens is 139 g/mol. The number of rotatable bonds is 0. The van der Waals surface area contributed by atoms with Crippen LogP contribution >= 0.6 is 12.4 Å². The summed E-state index contributed by atoms with van der Waals surface area (Å²) in [6, 6.07) is 0. The molecule has 0 nitrogen and oxygen atoms in total. The normalized spacial score (nSPS) is 6.00. The third-order valence-corrected chi connectivity index (χ3v) is 0. The molecule has 0 aliphatic carbocycles. The zero-order valence-electron chi connectivity index (χ0n) is 4.91. The van der Waals surface area contributed by atoms with E-state index in [0.717, 1.165) is 0 Å². The summed E-state index contributed by atoms with van der Waals surface area (Å²) in [4.78, 5) is 0. The van der Waals surface area contributed by atoms with Crippen molar-refractivity contribution in [2.24, 2.45) is 0 Å². The van der Waals surface area contributed by atoms with Crippen molar-refractivity contribution in [3.05, 3.63) is 0 Å². The molecule has 0 aromatic heterocycles. The maximum atomic E-state index is 2.27. The Morgan fingerprint density at radius 2 is 1.00 bits per heavy atom. The van der Waals surface area contributed by atoms with Gasteiger partial charge in [0.25, 0.3) is 0 Å². The Labute approximate surface area is 90.5 Å². The summed E-state index contributed by atoms with van der Waals surface area (Å²) >= 11 is 0. The fourth-order valence-electron chi connectivity index (χ4n) is 0. The van der Waals surface area contributed by atoms with Gasteiger partial charge in [-0.3, -0.25) is 8.80 Å². The molecule has 34 valence electrons. The van der Waals surface area contributed by atoms with Crippen molar-refractivity contribution >= 4 is 21.2 Å². The van der Waals surface area contributed by atoms with Crippen LogP contribution in [0.5, 0.6) is 0 Å². The van der Waals surface area contributed by atoms with Gasteiger partial charge in [-0.15, -0.1) is 12.4 Å². The van der Waals surface area contributed by atoms with Gasteiger partial charge in [-0.2, -0.15) is 19.6 Å². The van der Waals surface area contributed by atoms with Crippen LogP contribution in [0.3, 0.4) is 0 Å². The molecule has 0 fully saturated rings. The summed E-state index contributed by atoms with van der Waals surface area (Å²) in [7, 11) is 0.120. The SMILES string of the molecule is C[Si-](C)C.Cl.[K+]. The zero-order valence-corrected chi connectivity index (χ0v) is 9.85. The molecule has 0 aromatic rings. The summed E-state index contributed by atoms with van der Waals surface area (Å²) in [5, 5.41) is 0. The van der Waals surface area contributed by atoms with Gasteiger partial charge in [0.1, 0.15) is 0 Å². The van der Waals surface area contributed by atoms with E-state index in [1.165, 1.54) is 0 Å². The fourth-order valence-corrected chi connectivity index (χ4v) is 0. The molecule has 0 heterocycles. The largest absolute Gasteiger partial charge is 1.00 e. The molecule has 0 atom stereocenters. The molecule has 0 aromatic carbocycles. The van der Waals surface area contributed by atoms with Crippen LogP contribution in [0, 0.1) is 0 Å². The van der Waals surface area contributed by atoms with Gasteiger partial charge in [-0.25, -0.2) is 0 Å². The molecule has 0 spiro atoms. The van der Waals surface area contributed by atoms with E-state index in [9.17, 15) is 0 Å². The molecule has 0 bridgehead atoms. The van der Waals surface area contributed by atoms with Crippen LogP contribution in [0.2, 0.25) is 19.6 Å². The summed E-state index contributed by atoms with van der Waals surface area (Å²) in [5.74, 6) is 0. The molecule has 0 radical (unpaired) electrons. The van der Waals surface area contributed by atoms with Gasteiger partial charge in [-0.05, 0) is 0 Å². The second-order valence-corrected chi connectivity index (χ2v) is 4.50. The van der Waals surface area contributed by atoms with Gasteiger partial charge in [-0.1, -0.05) is 0 Å². The zero-order chi connectivity index (χ0) is 3.58. The first-order valence-electron chi connectivity index (χ1n) is 1.50. The van der Waals surface area contributed by atoms with Crippen LogP contribution in [-0.4, -0.2) is 8.80 Å². The van der Waals surface area contributed by atoms with Crippen molar-refractivity contribution in [1.82, 2.24) is 0 Å². The van der Waals surface area contributed by atoms with Gasteiger partial charge in [0, 0.05) is 0 Å². The van der Waals surface area contributed by atoms with Crippen LogP contribution in [0.15, 0.2) is 0 Å². The van der Waals surface area contributed by atoms with Crippen LogP contribution in [0.25, 0.3) is 0 Å². The van der Waals surface area contributed by atoms with E-state index in [4.69, 9.17) is 0 Å². The smallest absolute Gasteiger partial charge is 0.271 e. The maximum absolute atomic E-state index is 2.27. The minimum absolute atomic E-state index is 0. The Balaban J connectivity index is -0.0000000450. The molecule has 0 aliphatic heterocycles. The van der Waals surface area contributed by atoms with Gasteiger partial charge < -0.3 is 0 Å². The van der Waals surface area contributed by atoms with E-state index in [1.54, 1.807) is 0 Å². The van der Waals surface area contributed by atoms with Crippen molar-refractivity contribution in [2.75, 3.05) is 0 Å². The number of halogens is 1. The third kappa shape index (κ3) is 35.4. The quantitative estimate of drug-likeness (QED) is 0.379. The van der Waals surface area contributed by atoms with Crippen molar-refractivity contribution in [1.29, 1.82) is 0 Å². The van der Waals surface area contributed by atoms with Gasteiger partial charge in [0.2, 0.25) is 0 Å². The molecule has 0 amide bonds. The van der Waals surface area contributed by atoms with Gasteiger partial charge in [0.15, 0.2) is 0 Å². The topological polar surface area (TPSA) is 0 Å². The van der Waals surface area contributed by atoms with E-state index in [0.29, 0.717) is 0 Å².